The minimum Gasteiger partial charge on any atom is -0.495 e. The molecule has 13 nitrogen and oxygen atoms in total. The number of likely N-dealkylation sites (tertiary alicyclic amines) is 1. The van der Waals surface area contributed by atoms with Gasteiger partial charge in [0.25, 0.3) is 5.56 Å². The SMILES string of the molecule is COc1cc(OC)c(NC(=O)Cc2ccc3c(=O)n(CC(=O)N4CC[C@@H](NC(=O)OC(C)(C)C)C4)c(=O)[nH]c3c2)cc1Cl. The van der Waals surface area contributed by atoms with Gasteiger partial charge in [-0.2, -0.15) is 0 Å². The maximum absolute atomic E-state index is 13.2. The van der Waals surface area contributed by atoms with Crippen molar-refractivity contribution in [3.63, 3.8) is 0 Å². The van der Waals surface area contributed by atoms with Gasteiger partial charge in [-0.3, -0.25) is 19.0 Å². The number of rotatable bonds is 8. The van der Waals surface area contributed by atoms with Crippen LogP contribution in [0.1, 0.15) is 32.8 Å². The van der Waals surface area contributed by atoms with E-state index in [1.165, 1.54) is 37.3 Å². The topological polar surface area (TPSA) is 161 Å². The van der Waals surface area contributed by atoms with Crippen molar-refractivity contribution in [1.82, 2.24) is 19.8 Å². The number of halogens is 1. The number of alkyl carbamates (subject to hydrolysis) is 1. The summed E-state index contributed by atoms with van der Waals surface area (Å²) in [5.41, 5.74) is -0.921. The van der Waals surface area contributed by atoms with Gasteiger partial charge < -0.3 is 34.7 Å². The van der Waals surface area contributed by atoms with E-state index in [2.05, 4.69) is 15.6 Å². The summed E-state index contributed by atoms with van der Waals surface area (Å²) in [4.78, 5) is 67.9. The number of nitrogens with one attached hydrogen (secondary N) is 3. The van der Waals surface area contributed by atoms with Gasteiger partial charge in [-0.05, 0) is 51.0 Å². The zero-order valence-corrected chi connectivity index (χ0v) is 25.3. The van der Waals surface area contributed by atoms with E-state index in [1.54, 1.807) is 32.9 Å². The van der Waals surface area contributed by atoms with Crippen molar-refractivity contribution >= 4 is 46.1 Å². The second-order valence-corrected chi connectivity index (χ2v) is 11.5. The third-order valence-electron chi connectivity index (χ3n) is 6.71. The standard InChI is InChI=1S/C29H34ClN5O8/c1-29(2,3)43-28(40)31-17-8-9-34(14-17)25(37)15-35-26(38)18-7-6-16(10-20(18)33-27(35)39)11-24(36)32-21-12-19(30)22(41-4)13-23(21)42-5/h6-7,10,12-13,17H,8-9,11,14-15H2,1-5H3,(H,31,40)(H,32,36)(H,33,39)/t17-/m1/s1. The number of carbonyl (C=O) groups excluding carboxylic acids is 3. The van der Waals surface area contributed by atoms with E-state index in [1.807, 2.05) is 0 Å². The van der Waals surface area contributed by atoms with Gasteiger partial charge in [0.15, 0.2) is 0 Å². The molecule has 3 amide bonds. The molecule has 1 aromatic heterocycles. The number of amides is 3. The Morgan fingerprint density at radius 3 is 2.47 bits per heavy atom. The van der Waals surface area contributed by atoms with Gasteiger partial charge in [0.2, 0.25) is 11.8 Å². The molecule has 1 aliphatic rings. The quantitative estimate of drug-likeness (QED) is 0.348. The molecule has 2 aromatic carbocycles. The smallest absolute Gasteiger partial charge is 0.407 e. The van der Waals surface area contributed by atoms with Crippen LogP contribution in [-0.2, 0) is 27.3 Å². The Hall–Kier alpha value is -4.52. The van der Waals surface area contributed by atoms with Crippen molar-refractivity contribution in [2.75, 3.05) is 32.6 Å². The van der Waals surface area contributed by atoms with Gasteiger partial charge in [-0.15, -0.1) is 0 Å². The molecule has 0 aliphatic carbocycles. The summed E-state index contributed by atoms with van der Waals surface area (Å²) in [6.07, 6.45) is -0.127. The molecule has 0 radical (unpaired) electrons. The highest BCUT2D eigenvalue weighted by Gasteiger charge is 2.29. The third kappa shape index (κ3) is 7.66. The number of carbonyl (C=O) groups is 3. The third-order valence-corrected chi connectivity index (χ3v) is 7.01. The van der Waals surface area contributed by atoms with Crippen LogP contribution in [-0.4, -0.2) is 71.3 Å². The van der Waals surface area contributed by atoms with Crippen LogP contribution in [0.4, 0.5) is 10.5 Å². The number of anilines is 1. The molecule has 2 heterocycles. The van der Waals surface area contributed by atoms with E-state index >= 15 is 0 Å². The first-order chi connectivity index (χ1) is 20.3. The Balaban J connectivity index is 1.43. The molecular weight excluding hydrogens is 582 g/mol. The lowest BCUT2D eigenvalue weighted by atomic mass is 10.1. The molecule has 3 aromatic rings. The van der Waals surface area contributed by atoms with Crippen molar-refractivity contribution in [2.24, 2.45) is 0 Å². The molecule has 0 spiro atoms. The van der Waals surface area contributed by atoms with Crippen molar-refractivity contribution in [1.29, 1.82) is 0 Å². The molecular formula is C29H34ClN5O8. The zero-order chi connectivity index (χ0) is 31.5. The highest BCUT2D eigenvalue weighted by Crippen LogP contribution is 2.36. The lowest BCUT2D eigenvalue weighted by molar-refractivity contribution is -0.131. The highest BCUT2D eigenvalue weighted by molar-refractivity contribution is 6.32. The molecule has 0 unspecified atom stereocenters. The van der Waals surface area contributed by atoms with E-state index in [0.717, 1.165) is 4.57 Å². The van der Waals surface area contributed by atoms with Crippen molar-refractivity contribution in [3.8, 4) is 11.5 Å². The average Bonchev–Trinajstić information content (AvgIpc) is 3.38. The molecule has 1 atom stereocenters. The predicted molar refractivity (Wildman–Crippen MR) is 160 cm³/mol. The van der Waals surface area contributed by atoms with Crippen LogP contribution in [0.5, 0.6) is 11.5 Å². The van der Waals surface area contributed by atoms with Crippen LogP contribution in [0.3, 0.4) is 0 Å². The number of H-pyrrole nitrogens is 1. The van der Waals surface area contributed by atoms with Crippen molar-refractivity contribution in [3.05, 3.63) is 61.8 Å². The Morgan fingerprint density at radius 2 is 1.79 bits per heavy atom. The lowest BCUT2D eigenvalue weighted by Gasteiger charge is -2.22. The summed E-state index contributed by atoms with van der Waals surface area (Å²) >= 11 is 6.18. The molecule has 1 fully saturated rings. The lowest BCUT2D eigenvalue weighted by Crippen LogP contribution is -2.44. The number of aromatic amines is 1. The summed E-state index contributed by atoms with van der Waals surface area (Å²) < 4.78 is 16.6. The fourth-order valence-electron chi connectivity index (χ4n) is 4.71. The fourth-order valence-corrected chi connectivity index (χ4v) is 4.95. The monoisotopic (exact) mass is 615 g/mol. The Labute approximate surface area is 252 Å². The summed E-state index contributed by atoms with van der Waals surface area (Å²) in [6, 6.07) is 7.40. The van der Waals surface area contributed by atoms with E-state index in [-0.39, 0.29) is 35.8 Å². The first-order valence-electron chi connectivity index (χ1n) is 13.5. The van der Waals surface area contributed by atoms with Crippen LogP contribution in [0.15, 0.2) is 39.9 Å². The van der Waals surface area contributed by atoms with Gasteiger partial charge in [-0.1, -0.05) is 17.7 Å². The van der Waals surface area contributed by atoms with Crippen molar-refractivity contribution < 1.29 is 28.6 Å². The van der Waals surface area contributed by atoms with E-state index in [9.17, 15) is 24.0 Å². The Morgan fingerprint density at radius 1 is 1.07 bits per heavy atom. The summed E-state index contributed by atoms with van der Waals surface area (Å²) in [6.45, 7) is 5.40. The molecule has 230 valence electrons. The number of benzene rings is 2. The molecule has 4 rings (SSSR count). The molecule has 14 heteroatoms. The molecule has 1 aliphatic heterocycles. The van der Waals surface area contributed by atoms with E-state index in [0.29, 0.717) is 40.7 Å². The predicted octanol–water partition coefficient (Wildman–Crippen LogP) is 2.67. The van der Waals surface area contributed by atoms with Crippen LogP contribution < -0.4 is 31.4 Å². The largest absolute Gasteiger partial charge is 0.495 e. The van der Waals surface area contributed by atoms with E-state index in [4.69, 9.17) is 25.8 Å². The number of fused-ring (bicyclic) bond motifs is 1. The fraction of sp³-hybridized carbons (Fsp3) is 0.414. The second kappa shape index (κ2) is 12.8. The van der Waals surface area contributed by atoms with Gasteiger partial charge in [-0.25, -0.2) is 9.59 Å². The van der Waals surface area contributed by atoms with Gasteiger partial charge >= 0.3 is 11.8 Å². The van der Waals surface area contributed by atoms with Crippen LogP contribution in [0, 0.1) is 0 Å². The molecule has 0 saturated carbocycles. The minimum atomic E-state index is -0.757. The normalized spacial score (nSPS) is 14.8. The number of methoxy groups -OCH3 is 2. The first kappa shape index (κ1) is 31.4. The minimum absolute atomic E-state index is 0.0696. The Kier molecular flexibility index (Phi) is 9.34. The van der Waals surface area contributed by atoms with Gasteiger partial charge in [0.1, 0.15) is 23.6 Å². The van der Waals surface area contributed by atoms with Crippen LogP contribution in [0.2, 0.25) is 5.02 Å². The maximum atomic E-state index is 13.2. The summed E-state index contributed by atoms with van der Waals surface area (Å²) in [5.74, 6) is -0.0634. The second-order valence-electron chi connectivity index (χ2n) is 11.1. The number of nitrogens with zero attached hydrogens (tertiary/aromatic N) is 2. The van der Waals surface area contributed by atoms with E-state index < -0.39 is 35.4 Å². The van der Waals surface area contributed by atoms with Gasteiger partial charge in [0.05, 0.1) is 48.3 Å². The summed E-state index contributed by atoms with van der Waals surface area (Å²) in [5, 5.41) is 5.95. The van der Waals surface area contributed by atoms with Crippen molar-refractivity contribution in [2.45, 2.75) is 51.8 Å². The molecule has 0 bridgehead atoms. The number of hydrogen-bond donors (Lipinski definition) is 3. The molecule has 43 heavy (non-hydrogen) atoms. The first-order valence-corrected chi connectivity index (χ1v) is 13.9. The van der Waals surface area contributed by atoms with Crippen LogP contribution in [0.25, 0.3) is 10.9 Å². The Bertz CT molecular complexity index is 1680. The highest BCUT2D eigenvalue weighted by atomic mass is 35.5. The van der Waals surface area contributed by atoms with Crippen LogP contribution >= 0.6 is 11.6 Å². The summed E-state index contributed by atoms with van der Waals surface area (Å²) in [7, 11) is 2.91. The zero-order valence-electron chi connectivity index (χ0n) is 24.5. The number of hydrogen-bond acceptors (Lipinski definition) is 8. The number of ether oxygens (including phenoxy) is 3. The maximum Gasteiger partial charge on any atom is 0.407 e. The number of aromatic nitrogens is 2. The average molecular weight is 616 g/mol. The molecule has 3 N–H and O–H groups in total. The molecule has 1 saturated heterocycles. The van der Waals surface area contributed by atoms with Gasteiger partial charge in [0, 0.05) is 19.2 Å².